The molecule has 27 heavy (non-hydrogen) atoms. The second-order valence-corrected chi connectivity index (χ2v) is 7.01. The third-order valence-corrected chi connectivity index (χ3v) is 4.80. The van der Waals surface area contributed by atoms with Crippen LogP contribution in [-0.2, 0) is 17.6 Å². The number of halogens is 2. The fourth-order valence-corrected chi connectivity index (χ4v) is 3.46. The molecule has 1 aromatic carbocycles. The third-order valence-electron chi connectivity index (χ3n) is 4.56. The molecule has 1 atom stereocenters. The molecule has 8 heteroatoms. The lowest BCUT2D eigenvalue weighted by molar-refractivity contribution is -0.134. The van der Waals surface area contributed by atoms with Gasteiger partial charge >= 0.3 is 0 Å². The molecule has 1 fully saturated rings. The van der Waals surface area contributed by atoms with Gasteiger partial charge in [0.1, 0.15) is 0 Å². The van der Waals surface area contributed by atoms with E-state index in [2.05, 4.69) is 22.4 Å². The molecule has 0 aliphatic carbocycles. The normalized spacial score (nSPS) is 16.8. The molecule has 1 N–H and O–H groups in total. The lowest BCUT2D eigenvalue weighted by atomic mass is 10.0. The first-order chi connectivity index (χ1) is 12.7. The maximum atomic E-state index is 12.8. The first kappa shape index (κ1) is 21.7. The van der Waals surface area contributed by atoms with Crippen molar-refractivity contribution in [1.29, 1.82) is 0 Å². The van der Waals surface area contributed by atoms with Gasteiger partial charge in [-0.25, -0.2) is 0 Å². The average molecular weight is 413 g/mol. The Morgan fingerprint density at radius 1 is 1.41 bits per heavy atom. The summed E-state index contributed by atoms with van der Waals surface area (Å²) in [6.45, 7) is 4.35. The van der Waals surface area contributed by atoms with E-state index in [4.69, 9.17) is 16.1 Å². The fourth-order valence-electron chi connectivity index (χ4n) is 3.27. The number of piperazine rings is 1. The van der Waals surface area contributed by atoms with Crippen molar-refractivity contribution in [3.63, 3.8) is 0 Å². The zero-order chi connectivity index (χ0) is 18.4. The highest BCUT2D eigenvalue weighted by Crippen LogP contribution is 2.25. The predicted molar refractivity (Wildman–Crippen MR) is 107 cm³/mol. The first-order valence-corrected chi connectivity index (χ1v) is 9.62. The Hall–Kier alpha value is -1.63. The Kier molecular flexibility index (Phi) is 8.54. The zero-order valence-corrected chi connectivity index (χ0v) is 17.1. The second kappa shape index (κ2) is 10.6. The Morgan fingerprint density at radius 2 is 2.26 bits per heavy atom. The van der Waals surface area contributed by atoms with E-state index in [1.54, 1.807) is 0 Å². The quantitative estimate of drug-likeness (QED) is 0.751. The van der Waals surface area contributed by atoms with Gasteiger partial charge in [0.05, 0.1) is 6.04 Å². The van der Waals surface area contributed by atoms with Crippen molar-refractivity contribution in [2.24, 2.45) is 0 Å². The fraction of sp³-hybridized carbons (Fsp3) is 0.526. The number of rotatable bonds is 7. The molecule has 1 saturated heterocycles. The molecule has 0 saturated carbocycles. The van der Waals surface area contributed by atoms with E-state index in [1.165, 1.54) is 0 Å². The van der Waals surface area contributed by atoms with E-state index in [1.807, 2.05) is 29.2 Å². The number of benzene rings is 1. The van der Waals surface area contributed by atoms with Crippen LogP contribution in [0.5, 0.6) is 0 Å². The molecule has 3 rings (SSSR count). The van der Waals surface area contributed by atoms with Crippen LogP contribution >= 0.6 is 24.0 Å². The molecule has 0 bridgehead atoms. The lowest BCUT2D eigenvalue weighted by Gasteiger charge is -2.36. The Morgan fingerprint density at radius 3 is 3.04 bits per heavy atom. The standard InChI is InChI=1S/C19H25ClN4O2.ClH/c1-2-5-17-22-18(26-23-17)8-4-9-19(25)24-11-10-21-13-16(24)14-6-3-7-15(20)12-14;/h3,6-7,12,16,21H,2,4-5,8-11,13H2,1H3;1H. The van der Waals surface area contributed by atoms with Gasteiger partial charge in [-0.2, -0.15) is 4.98 Å². The molecular formula is C19H26Cl2N4O2. The second-order valence-electron chi connectivity index (χ2n) is 6.57. The largest absolute Gasteiger partial charge is 0.339 e. The number of nitrogens with one attached hydrogen (secondary N) is 1. The van der Waals surface area contributed by atoms with Crippen molar-refractivity contribution in [2.75, 3.05) is 19.6 Å². The summed E-state index contributed by atoms with van der Waals surface area (Å²) in [5.41, 5.74) is 1.07. The molecule has 0 radical (unpaired) electrons. The van der Waals surface area contributed by atoms with Crippen LogP contribution in [0, 0.1) is 0 Å². The predicted octanol–water partition coefficient (Wildman–Crippen LogP) is 3.59. The highest BCUT2D eigenvalue weighted by molar-refractivity contribution is 6.30. The minimum atomic E-state index is 0. The number of amides is 1. The minimum Gasteiger partial charge on any atom is -0.339 e. The van der Waals surface area contributed by atoms with Crippen LogP contribution in [0.4, 0.5) is 0 Å². The number of carbonyl (C=O) groups excluding carboxylic acids is 1. The number of nitrogens with zero attached hydrogens (tertiary/aromatic N) is 3. The summed E-state index contributed by atoms with van der Waals surface area (Å²) in [4.78, 5) is 19.1. The van der Waals surface area contributed by atoms with Crippen molar-refractivity contribution < 1.29 is 9.32 Å². The molecular weight excluding hydrogens is 387 g/mol. The van der Waals surface area contributed by atoms with Gasteiger partial charge in [-0.3, -0.25) is 4.79 Å². The highest BCUT2D eigenvalue weighted by atomic mass is 35.5. The molecule has 6 nitrogen and oxygen atoms in total. The molecule has 148 valence electrons. The van der Waals surface area contributed by atoms with Crippen LogP contribution in [0.2, 0.25) is 5.02 Å². The monoisotopic (exact) mass is 412 g/mol. The molecule has 2 heterocycles. The van der Waals surface area contributed by atoms with E-state index in [-0.39, 0.29) is 24.4 Å². The van der Waals surface area contributed by atoms with Crippen LogP contribution in [0.15, 0.2) is 28.8 Å². The van der Waals surface area contributed by atoms with Crippen LogP contribution in [0.1, 0.15) is 49.5 Å². The SMILES string of the molecule is CCCc1noc(CCCC(=O)N2CCNCC2c2cccc(Cl)c2)n1.Cl. The van der Waals surface area contributed by atoms with Crippen LogP contribution in [-0.4, -0.2) is 40.6 Å². The van der Waals surface area contributed by atoms with Crippen LogP contribution in [0.25, 0.3) is 0 Å². The summed E-state index contributed by atoms with van der Waals surface area (Å²) in [7, 11) is 0. The van der Waals surface area contributed by atoms with Crippen LogP contribution in [0.3, 0.4) is 0 Å². The summed E-state index contributed by atoms with van der Waals surface area (Å²) in [5, 5.41) is 8.01. The van der Waals surface area contributed by atoms with E-state index in [0.717, 1.165) is 37.3 Å². The molecule has 2 aromatic rings. The molecule has 1 aliphatic heterocycles. The summed E-state index contributed by atoms with van der Waals surface area (Å²) < 4.78 is 5.24. The maximum Gasteiger partial charge on any atom is 0.226 e. The van der Waals surface area contributed by atoms with Gasteiger partial charge in [0.2, 0.25) is 11.8 Å². The Bertz CT molecular complexity index is 738. The van der Waals surface area contributed by atoms with Crippen molar-refractivity contribution in [3.05, 3.63) is 46.6 Å². The van der Waals surface area contributed by atoms with Crippen molar-refractivity contribution in [3.8, 4) is 0 Å². The van der Waals surface area contributed by atoms with Gasteiger partial charge in [-0.15, -0.1) is 12.4 Å². The van der Waals surface area contributed by atoms with E-state index in [0.29, 0.717) is 36.7 Å². The lowest BCUT2D eigenvalue weighted by Crippen LogP contribution is -2.48. The van der Waals surface area contributed by atoms with E-state index < -0.39 is 0 Å². The Balaban J connectivity index is 0.00000261. The number of aromatic nitrogens is 2. The topological polar surface area (TPSA) is 71.3 Å². The maximum absolute atomic E-state index is 12.8. The van der Waals surface area contributed by atoms with Crippen molar-refractivity contribution >= 4 is 29.9 Å². The summed E-state index contributed by atoms with van der Waals surface area (Å²) in [6.07, 6.45) is 3.63. The zero-order valence-electron chi connectivity index (χ0n) is 15.5. The van der Waals surface area contributed by atoms with Gasteiger partial charge in [-0.1, -0.05) is 35.8 Å². The third kappa shape index (κ3) is 5.92. The van der Waals surface area contributed by atoms with E-state index >= 15 is 0 Å². The summed E-state index contributed by atoms with van der Waals surface area (Å²) in [6, 6.07) is 7.77. The minimum absolute atomic E-state index is 0. The molecule has 1 aromatic heterocycles. The van der Waals surface area contributed by atoms with Gasteiger partial charge in [-0.05, 0) is 30.5 Å². The molecule has 1 aliphatic rings. The molecule has 1 unspecified atom stereocenters. The summed E-state index contributed by atoms with van der Waals surface area (Å²) in [5.74, 6) is 1.52. The smallest absolute Gasteiger partial charge is 0.226 e. The average Bonchev–Trinajstić information content (AvgIpc) is 3.09. The molecule has 1 amide bonds. The summed E-state index contributed by atoms with van der Waals surface area (Å²) >= 11 is 6.12. The number of hydrogen-bond acceptors (Lipinski definition) is 5. The number of carbonyl (C=O) groups is 1. The Labute approximate surface area is 171 Å². The van der Waals surface area contributed by atoms with Gasteiger partial charge in [0, 0.05) is 43.9 Å². The van der Waals surface area contributed by atoms with Crippen molar-refractivity contribution in [2.45, 2.75) is 45.1 Å². The van der Waals surface area contributed by atoms with Crippen molar-refractivity contribution in [1.82, 2.24) is 20.4 Å². The number of hydrogen-bond donors (Lipinski definition) is 1. The van der Waals surface area contributed by atoms with Gasteiger partial charge in [0.25, 0.3) is 0 Å². The first-order valence-electron chi connectivity index (χ1n) is 9.24. The number of aryl methyl sites for hydroxylation is 2. The van der Waals surface area contributed by atoms with Crippen LogP contribution < -0.4 is 5.32 Å². The van der Waals surface area contributed by atoms with E-state index in [9.17, 15) is 4.79 Å². The molecule has 0 spiro atoms. The van der Waals surface area contributed by atoms with Gasteiger partial charge < -0.3 is 14.7 Å². The highest BCUT2D eigenvalue weighted by Gasteiger charge is 2.27. The van der Waals surface area contributed by atoms with Gasteiger partial charge in [0.15, 0.2) is 5.82 Å².